The van der Waals surface area contributed by atoms with Crippen LogP contribution < -0.4 is 10.9 Å². The number of nitrogens with zero attached hydrogens (tertiary/aromatic N) is 1. The van der Waals surface area contributed by atoms with Gasteiger partial charge in [-0.05, 0) is 51.5 Å². The van der Waals surface area contributed by atoms with Crippen LogP contribution in [0.2, 0.25) is 0 Å². The fourth-order valence-corrected chi connectivity index (χ4v) is 3.05. The Morgan fingerprint density at radius 1 is 1.28 bits per heavy atom. The first-order chi connectivity index (χ1) is 11.8. The zero-order valence-electron chi connectivity index (χ0n) is 14.3. The average Bonchev–Trinajstić information content (AvgIpc) is 2.87. The first kappa shape index (κ1) is 16.8. The van der Waals surface area contributed by atoms with Crippen molar-refractivity contribution < 1.29 is 18.8 Å². The number of carbonyl (C=O) groups excluding carboxylic acids is 1. The molecule has 1 atom stereocenters. The lowest BCUT2D eigenvalue weighted by Crippen LogP contribution is -2.32. The van der Waals surface area contributed by atoms with Crippen LogP contribution in [0.25, 0.3) is 11.0 Å². The van der Waals surface area contributed by atoms with Crippen LogP contribution in [0.5, 0.6) is 5.75 Å². The van der Waals surface area contributed by atoms with E-state index >= 15 is 0 Å². The highest BCUT2D eigenvalue weighted by Gasteiger charge is 2.23. The lowest BCUT2D eigenvalue weighted by molar-refractivity contribution is 0.0935. The van der Waals surface area contributed by atoms with Crippen molar-refractivity contribution in [3.63, 3.8) is 0 Å². The Labute approximate surface area is 143 Å². The second-order valence-electron chi connectivity index (χ2n) is 6.00. The van der Waals surface area contributed by atoms with Crippen LogP contribution in [0, 0.1) is 20.8 Å². The summed E-state index contributed by atoms with van der Waals surface area (Å²) in [5, 5.41) is 16.8. The maximum absolute atomic E-state index is 12.7. The molecule has 0 bridgehead atoms. The molecule has 0 saturated carbocycles. The third-order valence-corrected chi connectivity index (χ3v) is 4.25. The van der Waals surface area contributed by atoms with Crippen molar-refractivity contribution >= 4 is 16.9 Å². The second-order valence-corrected chi connectivity index (χ2v) is 6.00. The lowest BCUT2D eigenvalue weighted by atomic mass is 10.0. The number of nitrogens with one attached hydrogen (secondary N) is 1. The SMILES string of the molecule is Cc1noc(C)c1C(C)NC(=O)c1c(C)c2cc(O)ccc2oc1=O. The zero-order chi connectivity index (χ0) is 18.3. The lowest BCUT2D eigenvalue weighted by Gasteiger charge is -2.14. The molecular formula is C18H18N2O5. The second kappa shape index (κ2) is 6.08. The summed E-state index contributed by atoms with van der Waals surface area (Å²) in [5.74, 6) is 0.0846. The number of rotatable bonds is 3. The summed E-state index contributed by atoms with van der Waals surface area (Å²) < 4.78 is 10.3. The van der Waals surface area contributed by atoms with Crippen molar-refractivity contribution in [2.75, 3.05) is 0 Å². The van der Waals surface area contributed by atoms with Crippen molar-refractivity contribution in [3.05, 3.63) is 56.8 Å². The molecule has 2 aromatic heterocycles. The molecule has 0 aliphatic rings. The van der Waals surface area contributed by atoms with Crippen molar-refractivity contribution in [2.45, 2.75) is 33.7 Å². The van der Waals surface area contributed by atoms with Crippen molar-refractivity contribution in [3.8, 4) is 5.75 Å². The standard InChI is InChI=1S/C18H18N2O5/c1-8-13-7-12(21)5-6-14(13)24-18(23)15(8)17(22)19-9(2)16-10(3)20-25-11(16)4/h5-7,9,21H,1-4H3,(H,19,22). The number of hydrogen-bond donors (Lipinski definition) is 2. The summed E-state index contributed by atoms with van der Waals surface area (Å²) in [4.78, 5) is 24.9. The number of carbonyl (C=O) groups is 1. The minimum Gasteiger partial charge on any atom is -0.508 e. The van der Waals surface area contributed by atoms with Gasteiger partial charge in [0.2, 0.25) is 0 Å². The van der Waals surface area contributed by atoms with E-state index in [9.17, 15) is 14.7 Å². The van der Waals surface area contributed by atoms with E-state index in [1.54, 1.807) is 27.7 Å². The summed E-state index contributed by atoms with van der Waals surface area (Å²) in [5.41, 5.74) is 1.41. The number of amides is 1. The molecule has 0 fully saturated rings. The van der Waals surface area contributed by atoms with E-state index in [2.05, 4.69) is 10.5 Å². The van der Waals surface area contributed by atoms with E-state index in [0.717, 1.165) is 5.56 Å². The molecule has 7 nitrogen and oxygen atoms in total. The Kier molecular flexibility index (Phi) is 4.08. The fraction of sp³-hybridized carbons (Fsp3) is 0.278. The average molecular weight is 342 g/mol. The molecule has 0 aliphatic carbocycles. The Hall–Kier alpha value is -3.09. The molecule has 0 aliphatic heterocycles. The third kappa shape index (κ3) is 2.88. The molecule has 0 radical (unpaired) electrons. The summed E-state index contributed by atoms with van der Waals surface area (Å²) in [7, 11) is 0. The van der Waals surface area contributed by atoms with Gasteiger partial charge in [-0.25, -0.2) is 4.79 Å². The van der Waals surface area contributed by atoms with Gasteiger partial charge in [0.25, 0.3) is 5.91 Å². The molecule has 3 aromatic rings. The Morgan fingerprint density at radius 2 is 2.00 bits per heavy atom. The van der Waals surface area contributed by atoms with Crippen molar-refractivity contribution in [2.24, 2.45) is 0 Å². The summed E-state index contributed by atoms with van der Waals surface area (Å²) >= 11 is 0. The number of phenols is 1. The molecule has 1 unspecified atom stereocenters. The number of benzene rings is 1. The van der Waals surface area contributed by atoms with Crippen LogP contribution in [0.3, 0.4) is 0 Å². The zero-order valence-corrected chi connectivity index (χ0v) is 14.3. The Morgan fingerprint density at radius 3 is 2.64 bits per heavy atom. The number of aromatic nitrogens is 1. The number of hydrogen-bond acceptors (Lipinski definition) is 6. The van der Waals surface area contributed by atoms with E-state index in [1.165, 1.54) is 18.2 Å². The summed E-state index contributed by atoms with van der Waals surface area (Å²) in [6, 6.07) is 3.98. The van der Waals surface area contributed by atoms with E-state index in [0.29, 0.717) is 28.0 Å². The monoisotopic (exact) mass is 342 g/mol. The first-order valence-electron chi connectivity index (χ1n) is 7.79. The molecule has 7 heteroatoms. The van der Waals surface area contributed by atoms with Gasteiger partial charge in [0.05, 0.1) is 11.7 Å². The molecule has 130 valence electrons. The molecule has 0 saturated heterocycles. The van der Waals surface area contributed by atoms with Crippen molar-refractivity contribution in [1.29, 1.82) is 0 Å². The molecule has 25 heavy (non-hydrogen) atoms. The Balaban J connectivity index is 2.01. The van der Waals surface area contributed by atoms with E-state index < -0.39 is 17.6 Å². The van der Waals surface area contributed by atoms with Crippen LogP contribution in [-0.4, -0.2) is 16.2 Å². The number of aryl methyl sites for hydroxylation is 3. The predicted octanol–water partition coefficient (Wildman–Crippen LogP) is 2.90. The van der Waals surface area contributed by atoms with Gasteiger partial charge in [-0.1, -0.05) is 5.16 Å². The van der Waals surface area contributed by atoms with Crippen molar-refractivity contribution in [1.82, 2.24) is 10.5 Å². The highest BCUT2D eigenvalue weighted by molar-refractivity contribution is 5.99. The molecule has 2 N–H and O–H groups in total. The Bertz CT molecular complexity index is 1010. The third-order valence-electron chi connectivity index (χ3n) is 4.25. The molecule has 3 rings (SSSR count). The molecule has 0 spiro atoms. The largest absolute Gasteiger partial charge is 0.508 e. The summed E-state index contributed by atoms with van der Waals surface area (Å²) in [6.07, 6.45) is 0. The number of fused-ring (bicyclic) bond motifs is 1. The maximum atomic E-state index is 12.7. The van der Waals surface area contributed by atoms with Gasteiger partial charge in [-0.15, -0.1) is 0 Å². The predicted molar refractivity (Wildman–Crippen MR) is 90.7 cm³/mol. The van der Waals surface area contributed by atoms with Crippen LogP contribution >= 0.6 is 0 Å². The highest BCUT2D eigenvalue weighted by Crippen LogP contribution is 2.25. The topological polar surface area (TPSA) is 106 Å². The highest BCUT2D eigenvalue weighted by atomic mass is 16.5. The van der Waals surface area contributed by atoms with Crippen LogP contribution in [0.1, 0.15) is 45.9 Å². The number of aromatic hydroxyl groups is 1. The van der Waals surface area contributed by atoms with Gasteiger partial charge in [-0.2, -0.15) is 0 Å². The molecule has 1 amide bonds. The van der Waals surface area contributed by atoms with E-state index in [1.807, 2.05) is 0 Å². The van der Waals surface area contributed by atoms with E-state index in [4.69, 9.17) is 8.94 Å². The summed E-state index contributed by atoms with van der Waals surface area (Å²) in [6.45, 7) is 6.98. The van der Waals surface area contributed by atoms with Crippen LogP contribution in [0.4, 0.5) is 0 Å². The van der Waals surface area contributed by atoms with Gasteiger partial charge in [0.15, 0.2) is 0 Å². The van der Waals surface area contributed by atoms with Gasteiger partial charge in [0, 0.05) is 10.9 Å². The molecule has 2 heterocycles. The van der Waals surface area contributed by atoms with Crippen LogP contribution in [-0.2, 0) is 0 Å². The number of phenolic OH excluding ortho intramolecular Hbond substituents is 1. The van der Waals surface area contributed by atoms with Gasteiger partial charge < -0.3 is 19.4 Å². The first-order valence-corrected chi connectivity index (χ1v) is 7.79. The van der Waals surface area contributed by atoms with Crippen LogP contribution in [0.15, 0.2) is 31.9 Å². The van der Waals surface area contributed by atoms with E-state index in [-0.39, 0.29) is 11.3 Å². The smallest absolute Gasteiger partial charge is 0.349 e. The quantitative estimate of drug-likeness (QED) is 0.709. The van der Waals surface area contributed by atoms with Gasteiger partial charge in [-0.3, -0.25) is 4.79 Å². The normalized spacial score (nSPS) is 12.3. The molecule has 1 aromatic carbocycles. The minimum atomic E-state index is -0.723. The fourth-order valence-electron chi connectivity index (χ4n) is 3.05. The van der Waals surface area contributed by atoms with Gasteiger partial charge >= 0.3 is 5.63 Å². The molecular weight excluding hydrogens is 324 g/mol. The maximum Gasteiger partial charge on any atom is 0.349 e. The minimum absolute atomic E-state index is 0.0277. The van der Waals surface area contributed by atoms with Gasteiger partial charge in [0.1, 0.15) is 22.7 Å².